The number of nitrogens with one attached hydrogen (secondary N) is 2. The summed E-state index contributed by atoms with van der Waals surface area (Å²) in [5.74, 6) is -0.0795. The van der Waals surface area contributed by atoms with E-state index in [0.717, 1.165) is 16.9 Å². The first-order valence-electron chi connectivity index (χ1n) is 7.03. The van der Waals surface area contributed by atoms with E-state index in [-0.39, 0.29) is 18.1 Å². The van der Waals surface area contributed by atoms with Crippen molar-refractivity contribution in [2.75, 3.05) is 0 Å². The summed E-state index contributed by atoms with van der Waals surface area (Å²) in [5.41, 5.74) is 6.66. The first-order valence-corrected chi connectivity index (χ1v) is 7.03. The van der Waals surface area contributed by atoms with Crippen molar-refractivity contribution in [3.63, 3.8) is 0 Å². The number of hydrogen-bond donors (Lipinski definition) is 2. The van der Waals surface area contributed by atoms with Crippen LogP contribution in [0.1, 0.15) is 16.3 Å². The Morgan fingerprint density at radius 1 is 1.22 bits per heavy atom. The van der Waals surface area contributed by atoms with E-state index in [9.17, 15) is 9.59 Å². The Morgan fingerprint density at radius 3 is 2.74 bits per heavy atom. The highest BCUT2D eigenvalue weighted by atomic mass is 16.2. The highest BCUT2D eigenvalue weighted by Gasteiger charge is 2.13. The lowest BCUT2D eigenvalue weighted by molar-refractivity contribution is -0.122. The third kappa shape index (κ3) is 3.05. The van der Waals surface area contributed by atoms with Gasteiger partial charge in [-0.3, -0.25) is 20.4 Å². The molecule has 0 unspecified atom stereocenters. The van der Waals surface area contributed by atoms with Gasteiger partial charge in [0.2, 0.25) is 0 Å². The van der Waals surface area contributed by atoms with E-state index in [4.69, 9.17) is 0 Å². The Kier molecular flexibility index (Phi) is 3.80. The molecule has 2 amide bonds. The van der Waals surface area contributed by atoms with Crippen LogP contribution in [0.2, 0.25) is 0 Å². The first-order chi connectivity index (χ1) is 11.0. The van der Waals surface area contributed by atoms with Gasteiger partial charge in [0, 0.05) is 13.2 Å². The average Bonchev–Trinajstić information content (AvgIpc) is 3.09. The molecule has 0 atom stereocenters. The molecule has 0 fully saturated rings. The molecule has 8 nitrogen and oxygen atoms in total. The molecule has 8 heteroatoms. The van der Waals surface area contributed by atoms with E-state index in [1.807, 2.05) is 31.2 Å². The molecule has 1 aromatic carbocycles. The zero-order chi connectivity index (χ0) is 16.4. The summed E-state index contributed by atoms with van der Waals surface area (Å²) in [6, 6.07) is 7.57. The number of rotatable bonds is 3. The number of para-hydroxylation sites is 2. The Morgan fingerprint density at radius 2 is 2.00 bits per heavy atom. The summed E-state index contributed by atoms with van der Waals surface area (Å²) in [6.07, 6.45) is 3.08. The van der Waals surface area contributed by atoms with Crippen LogP contribution in [0.3, 0.4) is 0 Å². The number of hydrogen-bond acceptors (Lipinski definition) is 4. The Bertz CT molecular complexity index is 879. The van der Waals surface area contributed by atoms with E-state index >= 15 is 0 Å². The lowest BCUT2D eigenvalue weighted by Gasteiger charge is -2.08. The molecule has 118 valence electrons. The minimum absolute atomic E-state index is 0.0643. The molecule has 0 aliphatic carbocycles. The maximum atomic E-state index is 12.0. The van der Waals surface area contributed by atoms with Crippen molar-refractivity contribution in [2.45, 2.75) is 13.5 Å². The van der Waals surface area contributed by atoms with Gasteiger partial charge in [0.05, 0.1) is 17.4 Å². The average molecular weight is 312 g/mol. The van der Waals surface area contributed by atoms with Gasteiger partial charge >= 0.3 is 0 Å². The normalized spacial score (nSPS) is 10.7. The maximum Gasteiger partial charge on any atom is 0.289 e. The van der Waals surface area contributed by atoms with Crippen LogP contribution in [0.25, 0.3) is 11.0 Å². The Balaban J connectivity index is 1.65. The fourth-order valence-corrected chi connectivity index (χ4v) is 2.30. The van der Waals surface area contributed by atoms with Gasteiger partial charge in [-0.25, -0.2) is 9.97 Å². The number of fused-ring (bicyclic) bond motifs is 1. The molecule has 0 radical (unpaired) electrons. The van der Waals surface area contributed by atoms with Crippen LogP contribution >= 0.6 is 0 Å². The fourth-order valence-electron chi connectivity index (χ4n) is 2.30. The van der Waals surface area contributed by atoms with Gasteiger partial charge in [-0.15, -0.1) is 0 Å². The minimum atomic E-state index is -0.467. The van der Waals surface area contributed by atoms with Crippen LogP contribution in [0.15, 0.2) is 36.8 Å². The molecular formula is C15H16N6O2. The van der Waals surface area contributed by atoms with Crippen LogP contribution in [-0.4, -0.2) is 30.9 Å². The number of aryl methyl sites for hydroxylation is 2. The smallest absolute Gasteiger partial charge is 0.289 e. The fraction of sp³-hybridized carbons (Fsp3) is 0.200. The largest absolute Gasteiger partial charge is 0.340 e. The van der Waals surface area contributed by atoms with E-state index in [1.165, 1.54) is 6.33 Å². The number of aromatic nitrogens is 4. The standard InChI is InChI=1S/C15H16N6O2/c1-10-17-11-5-3-4-6-13(11)21(10)8-14(22)18-19-15(23)12-7-20(2)9-16-12/h3-7,9H,8H2,1-2H3,(H,18,22)(H,19,23). The molecule has 2 heterocycles. The van der Waals surface area contributed by atoms with E-state index in [2.05, 4.69) is 20.8 Å². The van der Waals surface area contributed by atoms with Crippen LogP contribution in [0.4, 0.5) is 0 Å². The highest BCUT2D eigenvalue weighted by Crippen LogP contribution is 2.14. The molecule has 0 spiro atoms. The lowest BCUT2D eigenvalue weighted by atomic mass is 10.3. The molecule has 0 bridgehead atoms. The van der Waals surface area contributed by atoms with E-state index in [0.29, 0.717) is 0 Å². The molecule has 0 aliphatic rings. The quantitative estimate of drug-likeness (QED) is 0.690. The first kappa shape index (κ1) is 14.8. The summed E-state index contributed by atoms with van der Waals surface area (Å²) >= 11 is 0. The molecule has 3 rings (SSSR count). The van der Waals surface area contributed by atoms with Crippen LogP contribution in [0, 0.1) is 6.92 Å². The number of carbonyl (C=O) groups is 2. The molecular weight excluding hydrogens is 296 g/mol. The SMILES string of the molecule is Cc1nc2ccccc2n1CC(=O)NNC(=O)c1cn(C)cn1. The number of benzene rings is 1. The number of imidazole rings is 2. The number of carbonyl (C=O) groups excluding carboxylic acids is 2. The summed E-state index contributed by atoms with van der Waals surface area (Å²) in [6.45, 7) is 1.90. The molecule has 2 N–H and O–H groups in total. The van der Waals surface area contributed by atoms with Gasteiger partial charge in [0.15, 0.2) is 0 Å². The molecule has 0 saturated carbocycles. The molecule has 0 aliphatic heterocycles. The summed E-state index contributed by atoms with van der Waals surface area (Å²) in [5, 5.41) is 0. The monoisotopic (exact) mass is 312 g/mol. The third-order valence-corrected chi connectivity index (χ3v) is 3.40. The second kappa shape index (κ2) is 5.91. The van der Waals surface area contributed by atoms with Crippen molar-refractivity contribution < 1.29 is 9.59 Å². The number of nitrogens with zero attached hydrogens (tertiary/aromatic N) is 4. The predicted octanol–water partition coefficient (Wildman–Crippen LogP) is 0.539. The topological polar surface area (TPSA) is 93.8 Å². The van der Waals surface area contributed by atoms with Crippen molar-refractivity contribution in [2.24, 2.45) is 7.05 Å². The van der Waals surface area contributed by atoms with Crippen molar-refractivity contribution in [3.05, 3.63) is 48.3 Å². The second-order valence-corrected chi connectivity index (χ2v) is 5.16. The number of amides is 2. The van der Waals surface area contributed by atoms with Crippen LogP contribution < -0.4 is 10.9 Å². The second-order valence-electron chi connectivity index (χ2n) is 5.16. The van der Waals surface area contributed by atoms with Gasteiger partial charge in [-0.05, 0) is 19.1 Å². The summed E-state index contributed by atoms with van der Waals surface area (Å²) in [4.78, 5) is 32.2. The summed E-state index contributed by atoms with van der Waals surface area (Å²) < 4.78 is 3.44. The van der Waals surface area contributed by atoms with Gasteiger partial charge in [-0.2, -0.15) is 0 Å². The minimum Gasteiger partial charge on any atom is -0.340 e. The predicted molar refractivity (Wildman–Crippen MR) is 83.3 cm³/mol. The Hall–Kier alpha value is -3.16. The van der Waals surface area contributed by atoms with Crippen LogP contribution in [0.5, 0.6) is 0 Å². The maximum absolute atomic E-state index is 12.0. The Labute approximate surface area is 132 Å². The number of hydrazine groups is 1. The van der Waals surface area contributed by atoms with Crippen molar-refractivity contribution in [1.82, 2.24) is 30.0 Å². The van der Waals surface area contributed by atoms with Gasteiger partial charge < -0.3 is 9.13 Å². The van der Waals surface area contributed by atoms with Crippen LogP contribution in [-0.2, 0) is 18.4 Å². The van der Waals surface area contributed by atoms with E-state index in [1.54, 1.807) is 22.4 Å². The molecule has 2 aromatic heterocycles. The van der Waals surface area contributed by atoms with Gasteiger partial charge in [0.1, 0.15) is 18.1 Å². The molecule has 0 saturated heterocycles. The van der Waals surface area contributed by atoms with E-state index < -0.39 is 5.91 Å². The third-order valence-electron chi connectivity index (χ3n) is 3.40. The zero-order valence-electron chi connectivity index (χ0n) is 12.8. The molecule has 23 heavy (non-hydrogen) atoms. The lowest BCUT2D eigenvalue weighted by Crippen LogP contribution is -2.43. The van der Waals surface area contributed by atoms with Gasteiger partial charge in [0.25, 0.3) is 11.8 Å². The van der Waals surface area contributed by atoms with Crippen molar-refractivity contribution >= 4 is 22.8 Å². The zero-order valence-corrected chi connectivity index (χ0v) is 12.8. The van der Waals surface area contributed by atoms with Crippen molar-refractivity contribution in [3.8, 4) is 0 Å². The summed E-state index contributed by atoms with van der Waals surface area (Å²) in [7, 11) is 1.76. The van der Waals surface area contributed by atoms with Crippen molar-refractivity contribution in [1.29, 1.82) is 0 Å². The molecule has 3 aromatic rings. The highest BCUT2D eigenvalue weighted by molar-refractivity contribution is 5.93. The van der Waals surface area contributed by atoms with Gasteiger partial charge in [-0.1, -0.05) is 12.1 Å².